The van der Waals surface area contributed by atoms with E-state index in [0.29, 0.717) is 0 Å². The zero-order chi connectivity index (χ0) is 12.4. The van der Waals surface area contributed by atoms with Gasteiger partial charge in [-0.1, -0.05) is 29.5 Å². The molecule has 0 radical (unpaired) electrons. The highest BCUT2D eigenvalue weighted by molar-refractivity contribution is 6.31. The van der Waals surface area contributed by atoms with Gasteiger partial charge >= 0.3 is 6.03 Å². The fraction of sp³-hybridized carbons (Fsp3) is 0.0909. The molecule has 4 nitrogen and oxygen atoms in total. The predicted molar refractivity (Wildman–Crippen MR) is 58.8 cm³/mol. The molecule has 0 bridgehead atoms. The molecule has 3 amide bonds. The summed E-state index contributed by atoms with van der Waals surface area (Å²) in [4.78, 5) is 22.0. The normalized spacial score (nSPS) is 18.1. The lowest BCUT2D eigenvalue weighted by Crippen LogP contribution is -2.26. The van der Waals surface area contributed by atoms with Crippen LogP contribution < -0.4 is 10.6 Å². The van der Waals surface area contributed by atoms with Crippen molar-refractivity contribution < 1.29 is 14.0 Å². The van der Waals surface area contributed by atoms with Gasteiger partial charge in [-0.05, 0) is 12.1 Å². The van der Waals surface area contributed by atoms with E-state index in [1.165, 1.54) is 18.2 Å². The second-order valence-electron chi connectivity index (χ2n) is 3.27. The van der Waals surface area contributed by atoms with Crippen LogP contribution >= 0.6 is 11.6 Å². The molecular weight excluding hydrogens is 247 g/mol. The molecule has 1 saturated heterocycles. The number of hydrogen-bond donors (Lipinski definition) is 2. The maximum atomic E-state index is 13.1. The number of hydrogen-bond acceptors (Lipinski definition) is 2. The van der Waals surface area contributed by atoms with Gasteiger partial charge in [0, 0.05) is 5.56 Å². The van der Waals surface area contributed by atoms with Crippen molar-refractivity contribution in [1.82, 2.24) is 10.6 Å². The average molecular weight is 253 g/mol. The third kappa shape index (κ3) is 2.37. The molecule has 2 N–H and O–H groups in total. The van der Waals surface area contributed by atoms with Crippen molar-refractivity contribution in [3.63, 3.8) is 0 Å². The van der Waals surface area contributed by atoms with Gasteiger partial charge in [-0.3, -0.25) is 10.1 Å². The number of carbonyl (C=O) groups excluding carboxylic acids is 2. The van der Waals surface area contributed by atoms with E-state index in [9.17, 15) is 14.0 Å². The predicted octanol–water partition coefficient (Wildman–Crippen LogP) is 1.04. The maximum absolute atomic E-state index is 13.1. The highest BCUT2D eigenvalue weighted by atomic mass is 35.5. The SMILES string of the molecule is O=C1NC(=O)[C@H](C#Cc2cccc(F)c2Cl)N1. The van der Waals surface area contributed by atoms with Crippen LogP contribution in [-0.2, 0) is 4.79 Å². The van der Waals surface area contributed by atoms with E-state index in [0.717, 1.165) is 0 Å². The van der Waals surface area contributed by atoms with Crippen molar-refractivity contribution in [2.45, 2.75) is 6.04 Å². The van der Waals surface area contributed by atoms with Crippen LogP contribution in [0.1, 0.15) is 5.56 Å². The fourth-order valence-corrected chi connectivity index (χ4v) is 1.44. The van der Waals surface area contributed by atoms with Gasteiger partial charge in [0.15, 0.2) is 6.04 Å². The van der Waals surface area contributed by atoms with Crippen LogP contribution in [0, 0.1) is 17.7 Å². The fourth-order valence-electron chi connectivity index (χ4n) is 1.27. The Morgan fingerprint density at radius 2 is 2.12 bits per heavy atom. The Hall–Kier alpha value is -2.06. The summed E-state index contributed by atoms with van der Waals surface area (Å²) in [6.07, 6.45) is 0. The van der Waals surface area contributed by atoms with Gasteiger partial charge in [0.2, 0.25) is 0 Å². The third-order valence-electron chi connectivity index (χ3n) is 2.08. The largest absolute Gasteiger partial charge is 0.322 e. The average Bonchev–Trinajstić information content (AvgIpc) is 2.60. The number of benzene rings is 1. The molecule has 1 fully saturated rings. The molecule has 1 atom stereocenters. The maximum Gasteiger partial charge on any atom is 0.322 e. The van der Waals surface area contributed by atoms with Crippen molar-refractivity contribution in [2.24, 2.45) is 0 Å². The third-order valence-corrected chi connectivity index (χ3v) is 2.46. The molecule has 0 unspecified atom stereocenters. The van der Waals surface area contributed by atoms with Crippen LogP contribution in [0.15, 0.2) is 18.2 Å². The molecule has 1 heterocycles. The lowest BCUT2D eigenvalue weighted by molar-refractivity contribution is -0.119. The number of urea groups is 1. The van der Waals surface area contributed by atoms with Crippen molar-refractivity contribution in [2.75, 3.05) is 0 Å². The second-order valence-corrected chi connectivity index (χ2v) is 3.64. The summed E-state index contributed by atoms with van der Waals surface area (Å²) in [5, 5.41) is 4.22. The van der Waals surface area contributed by atoms with Gasteiger partial charge in [-0.25, -0.2) is 9.18 Å². The van der Waals surface area contributed by atoms with E-state index >= 15 is 0 Å². The Balaban J connectivity index is 2.25. The molecule has 1 aromatic rings. The van der Waals surface area contributed by atoms with E-state index in [2.05, 4.69) is 17.2 Å². The number of carbonyl (C=O) groups is 2. The zero-order valence-corrected chi connectivity index (χ0v) is 9.14. The molecule has 0 spiro atoms. The minimum atomic E-state index is -0.929. The number of imide groups is 1. The zero-order valence-electron chi connectivity index (χ0n) is 8.38. The van der Waals surface area contributed by atoms with Crippen LogP contribution in [0.2, 0.25) is 5.02 Å². The van der Waals surface area contributed by atoms with Crippen LogP contribution in [0.25, 0.3) is 0 Å². The molecule has 1 aromatic carbocycles. The molecule has 0 saturated carbocycles. The van der Waals surface area contributed by atoms with Gasteiger partial charge in [-0.15, -0.1) is 0 Å². The van der Waals surface area contributed by atoms with Gasteiger partial charge < -0.3 is 5.32 Å². The first kappa shape index (κ1) is 11.4. The first-order chi connectivity index (χ1) is 8.08. The first-order valence-electron chi connectivity index (χ1n) is 4.65. The lowest BCUT2D eigenvalue weighted by atomic mass is 10.2. The molecule has 1 aliphatic heterocycles. The smallest absolute Gasteiger partial charge is 0.316 e. The topological polar surface area (TPSA) is 58.2 Å². The van der Waals surface area contributed by atoms with E-state index in [1.54, 1.807) is 0 Å². The van der Waals surface area contributed by atoms with Crippen LogP contribution in [0.5, 0.6) is 0 Å². The summed E-state index contributed by atoms with van der Waals surface area (Å²) >= 11 is 5.68. The summed E-state index contributed by atoms with van der Waals surface area (Å²) in [5.74, 6) is 3.93. The minimum absolute atomic E-state index is 0.107. The Morgan fingerprint density at radius 3 is 2.76 bits per heavy atom. The van der Waals surface area contributed by atoms with Crippen LogP contribution in [-0.4, -0.2) is 18.0 Å². The molecule has 6 heteroatoms. The van der Waals surface area contributed by atoms with Crippen LogP contribution in [0.4, 0.5) is 9.18 Å². The van der Waals surface area contributed by atoms with E-state index < -0.39 is 23.8 Å². The number of amides is 3. The lowest BCUT2D eigenvalue weighted by Gasteiger charge is -1.97. The van der Waals surface area contributed by atoms with Gasteiger partial charge in [-0.2, -0.15) is 0 Å². The van der Waals surface area contributed by atoms with E-state index in [1.807, 2.05) is 5.32 Å². The molecule has 1 aliphatic rings. The van der Waals surface area contributed by atoms with Crippen molar-refractivity contribution >= 4 is 23.5 Å². The van der Waals surface area contributed by atoms with Crippen molar-refractivity contribution in [3.05, 3.63) is 34.6 Å². The Kier molecular flexibility index (Phi) is 2.98. The Bertz CT molecular complexity index is 562. The highest BCUT2D eigenvalue weighted by Crippen LogP contribution is 2.18. The summed E-state index contributed by atoms with van der Waals surface area (Å²) in [7, 11) is 0. The quantitative estimate of drug-likeness (QED) is 0.535. The van der Waals surface area contributed by atoms with Crippen LogP contribution in [0.3, 0.4) is 0 Å². The monoisotopic (exact) mass is 252 g/mol. The Labute approximate surface area is 101 Å². The van der Waals surface area contributed by atoms with Crippen molar-refractivity contribution in [1.29, 1.82) is 0 Å². The van der Waals surface area contributed by atoms with Gasteiger partial charge in [0.25, 0.3) is 5.91 Å². The Morgan fingerprint density at radius 1 is 1.35 bits per heavy atom. The summed E-state index contributed by atoms with van der Waals surface area (Å²) in [6, 6.07) is 2.66. The molecule has 2 rings (SSSR count). The molecule has 0 aromatic heterocycles. The minimum Gasteiger partial charge on any atom is -0.316 e. The van der Waals surface area contributed by atoms with E-state index in [-0.39, 0.29) is 10.6 Å². The number of nitrogens with one attached hydrogen (secondary N) is 2. The summed E-state index contributed by atoms with van der Waals surface area (Å²) in [6.45, 7) is 0. The second kappa shape index (κ2) is 4.44. The molecular formula is C11H6ClFN2O2. The summed E-state index contributed by atoms with van der Waals surface area (Å²) < 4.78 is 13.1. The number of halogens is 2. The molecule has 0 aliphatic carbocycles. The molecule has 17 heavy (non-hydrogen) atoms. The standard InChI is InChI=1S/C11H6ClFN2O2/c12-9-6(2-1-3-7(9)13)4-5-8-10(16)15-11(17)14-8/h1-3,8H,(H2,14,15,16,17)/t8-/m0/s1. The van der Waals surface area contributed by atoms with Gasteiger partial charge in [0.1, 0.15) is 5.82 Å². The van der Waals surface area contributed by atoms with Crippen molar-refractivity contribution in [3.8, 4) is 11.8 Å². The highest BCUT2D eigenvalue weighted by Gasteiger charge is 2.27. The van der Waals surface area contributed by atoms with E-state index in [4.69, 9.17) is 11.6 Å². The first-order valence-corrected chi connectivity index (χ1v) is 5.02. The van der Waals surface area contributed by atoms with Gasteiger partial charge in [0.05, 0.1) is 5.02 Å². The summed E-state index contributed by atoms with van der Waals surface area (Å²) in [5.41, 5.74) is 0.264. The number of rotatable bonds is 0. The molecule has 86 valence electrons.